The summed E-state index contributed by atoms with van der Waals surface area (Å²) in [6.07, 6.45) is 0. The van der Waals surface area contributed by atoms with Crippen LogP contribution in [0.25, 0.3) is 0 Å². The van der Waals surface area contributed by atoms with Gasteiger partial charge in [-0.15, -0.1) is 5.10 Å². The molecule has 0 unspecified atom stereocenters. The fourth-order valence-corrected chi connectivity index (χ4v) is 0.303. The molecule has 7 heavy (non-hydrogen) atoms. The van der Waals surface area contributed by atoms with E-state index in [1.165, 1.54) is 0 Å². The quantitative estimate of drug-likeness (QED) is 0.432. The van der Waals surface area contributed by atoms with Crippen molar-refractivity contribution in [3.63, 3.8) is 0 Å². The first-order valence-corrected chi connectivity index (χ1v) is 1.96. The number of nitrogens with zero attached hydrogens (tertiary/aromatic N) is 1. The summed E-state index contributed by atoms with van der Waals surface area (Å²) in [5.41, 5.74) is 2.58. The third kappa shape index (κ3) is 1.04. The van der Waals surface area contributed by atoms with Gasteiger partial charge < -0.3 is 4.89 Å². The largest absolute Gasteiger partial charge is 0.318 e. The number of nitrogens with one attached hydrogen (secondary N) is 1. The fraction of sp³-hybridized carbons (Fsp3) is 0.667. The maximum atomic E-state index is 4.47. The van der Waals surface area contributed by atoms with E-state index in [-0.39, 0.29) is 0 Å². The van der Waals surface area contributed by atoms with Crippen LogP contribution in [-0.2, 0) is 9.78 Å². The predicted octanol–water partition coefficient (Wildman–Crippen LogP) is -0.171. The Balaban J connectivity index is 2.40. The van der Waals surface area contributed by atoms with Crippen molar-refractivity contribution in [1.29, 1.82) is 0 Å². The summed E-state index contributed by atoms with van der Waals surface area (Å²) < 4.78 is 0. The van der Waals surface area contributed by atoms with Gasteiger partial charge in [0, 0.05) is 6.92 Å². The Morgan fingerprint density at radius 2 is 2.71 bits per heavy atom. The third-order valence-electron chi connectivity index (χ3n) is 0.540. The summed E-state index contributed by atoms with van der Waals surface area (Å²) in [4.78, 5) is 8.91. The van der Waals surface area contributed by atoms with E-state index in [1.54, 1.807) is 6.92 Å². The molecule has 0 amide bonds. The van der Waals surface area contributed by atoms with Gasteiger partial charge in [-0.2, -0.15) is 4.89 Å². The second-order valence-corrected chi connectivity index (χ2v) is 1.13. The molecule has 4 heteroatoms. The summed E-state index contributed by atoms with van der Waals surface area (Å²) in [5.74, 6) is 0.506. The van der Waals surface area contributed by atoms with Crippen molar-refractivity contribution in [2.75, 3.05) is 6.73 Å². The average Bonchev–Trinajstić information content (AvgIpc) is 1.69. The molecule has 0 bridgehead atoms. The first-order valence-electron chi connectivity index (χ1n) is 1.96. The Labute approximate surface area is 41.0 Å². The lowest BCUT2D eigenvalue weighted by atomic mass is 10.8. The Bertz CT molecular complexity index is 90.9. The van der Waals surface area contributed by atoms with Gasteiger partial charge in [0.1, 0.15) is 0 Å². The van der Waals surface area contributed by atoms with Gasteiger partial charge in [-0.05, 0) is 0 Å². The van der Waals surface area contributed by atoms with E-state index in [0.717, 1.165) is 0 Å². The van der Waals surface area contributed by atoms with Crippen LogP contribution in [0.3, 0.4) is 0 Å². The van der Waals surface area contributed by atoms with Crippen LogP contribution in [0.4, 0.5) is 0 Å². The lowest BCUT2D eigenvalue weighted by Crippen LogP contribution is -2.21. The van der Waals surface area contributed by atoms with Gasteiger partial charge >= 0.3 is 0 Å². The van der Waals surface area contributed by atoms with Crippen LogP contribution < -0.4 is 5.43 Å². The van der Waals surface area contributed by atoms with E-state index in [1.807, 2.05) is 0 Å². The zero-order chi connectivity index (χ0) is 5.11. The average molecular weight is 102 g/mol. The molecule has 1 rings (SSSR count). The van der Waals surface area contributed by atoms with E-state index < -0.39 is 0 Å². The summed E-state index contributed by atoms with van der Waals surface area (Å²) in [5, 5.41) is 3.65. The molecule has 1 heterocycles. The van der Waals surface area contributed by atoms with Gasteiger partial charge in [0.15, 0.2) is 6.73 Å². The summed E-state index contributed by atoms with van der Waals surface area (Å²) in [6, 6.07) is 0. The van der Waals surface area contributed by atoms with Crippen molar-refractivity contribution < 1.29 is 9.78 Å². The normalized spacial score (nSPS) is 19.3. The summed E-state index contributed by atoms with van der Waals surface area (Å²) in [7, 11) is 0. The van der Waals surface area contributed by atoms with Crippen LogP contribution in [0.1, 0.15) is 6.92 Å². The molecule has 0 aromatic rings. The predicted molar refractivity (Wildman–Crippen MR) is 23.3 cm³/mol. The highest BCUT2D eigenvalue weighted by atomic mass is 17.2. The van der Waals surface area contributed by atoms with E-state index in [4.69, 9.17) is 0 Å². The molecule has 4 nitrogen and oxygen atoms in total. The lowest BCUT2D eigenvalue weighted by molar-refractivity contribution is -0.238. The minimum atomic E-state index is 0.331. The van der Waals surface area contributed by atoms with E-state index in [2.05, 4.69) is 20.3 Å². The zero-order valence-electron chi connectivity index (χ0n) is 3.97. The van der Waals surface area contributed by atoms with Crippen molar-refractivity contribution >= 4 is 5.90 Å². The highest BCUT2D eigenvalue weighted by Crippen LogP contribution is 1.85. The molecule has 0 radical (unpaired) electrons. The number of hydrogen-bond acceptors (Lipinski definition) is 4. The minimum absolute atomic E-state index is 0.331. The van der Waals surface area contributed by atoms with Crippen LogP contribution >= 0.6 is 0 Å². The minimum Gasteiger partial charge on any atom is -0.318 e. The third-order valence-corrected chi connectivity index (χ3v) is 0.540. The van der Waals surface area contributed by atoms with Gasteiger partial charge in [-0.3, -0.25) is 5.43 Å². The molecule has 0 fully saturated rings. The molecule has 0 saturated heterocycles. The second kappa shape index (κ2) is 1.79. The van der Waals surface area contributed by atoms with E-state index in [0.29, 0.717) is 12.6 Å². The van der Waals surface area contributed by atoms with Crippen LogP contribution in [0.15, 0.2) is 5.10 Å². The van der Waals surface area contributed by atoms with Crippen molar-refractivity contribution in [3.8, 4) is 0 Å². The van der Waals surface area contributed by atoms with Gasteiger partial charge in [-0.1, -0.05) is 0 Å². The molecule has 0 aliphatic carbocycles. The monoisotopic (exact) mass is 102 g/mol. The highest BCUT2D eigenvalue weighted by molar-refractivity contribution is 5.72. The van der Waals surface area contributed by atoms with Crippen LogP contribution in [0.5, 0.6) is 0 Å². The molecular weight excluding hydrogens is 96.0 g/mol. The number of hydrazone groups is 1. The molecule has 1 aliphatic rings. The first-order chi connectivity index (χ1) is 3.39. The van der Waals surface area contributed by atoms with Crippen molar-refractivity contribution in [3.05, 3.63) is 0 Å². The lowest BCUT2D eigenvalue weighted by Gasteiger charge is -2.08. The smallest absolute Gasteiger partial charge is 0.245 e. The molecule has 1 N–H and O–H groups in total. The SMILES string of the molecule is CC1=NNCOO1. The van der Waals surface area contributed by atoms with Crippen LogP contribution in [0.2, 0.25) is 0 Å². The van der Waals surface area contributed by atoms with Crippen LogP contribution in [0, 0.1) is 0 Å². The van der Waals surface area contributed by atoms with Crippen LogP contribution in [-0.4, -0.2) is 12.6 Å². The molecule has 0 aromatic heterocycles. The Morgan fingerprint density at radius 3 is 3.00 bits per heavy atom. The molecular formula is C3H6N2O2. The summed E-state index contributed by atoms with van der Waals surface area (Å²) >= 11 is 0. The van der Waals surface area contributed by atoms with Crippen molar-refractivity contribution in [2.45, 2.75) is 6.92 Å². The molecule has 0 spiro atoms. The van der Waals surface area contributed by atoms with E-state index >= 15 is 0 Å². The Morgan fingerprint density at radius 1 is 1.86 bits per heavy atom. The fourth-order valence-electron chi connectivity index (χ4n) is 0.303. The highest BCUT2D eigenvalue weighted by Gasteiger charge is 1.96. The molecule has 1 aliphatic heterocycles. The van der Waals surface area contributed by atoms with Gasteiger partial charge in [0.25, 0.3) is 0 Å². The first kappa shape index (κ1) is 4.39. The second-order valence-electron chi connectivity index (χ2n) is 1.13. The van der Waals surface area contributed by atoms with Crippen molar-refractivity contribution in [1.82, 2.24) is 5.43 Å². The molecule has 0 atom stereocenters. The van der Waals surface area contributed by atoms with E-state index in [9.17, 15) is 0 Å². The molecule has 0 aromatic carbocycles. The standard InChI is InChI=1S/C3H6N2O2/c1-3-5-4-2-6-7-3/h4H,2H2,1H3. The number of hydrogen-bond donors (Lipinski definition) is 1. The summed E-state index contributed by atoms with van der Waals surface area (Å²) in [6.45, 7) is 2.03. The number of rotatable bonds is 0. The molecule has 40 valence electrons. The van der Waals surface area contributed by atoms with Crippen molar-refractivity contribution in [2.24, 2.45) is 5.10 Å². The molecule has 0 saturated carbocycles. The van der Waals surface area contributed by atoms with Gasteiger partial charge in [-0.25, -0.2) is 0 Å². The zero-order valence-corrected chi connectivity index (χ0v) is 3.97. The maximum absolute atomic E-state index is 4.47. The van der Waals surface area contributed by atoms with Gasteiger partial charge in [0.2, 0.25) is 5.90 Å². The Kier molecular flexibility index (Phi) is 1.12. The Hall–Kier alpha value is -0.770. The topological polar surface area (TPSA) is 42.9 Å². The maximum Gasteiger partial charge on any atom is 0.245 e. The van der Waals surface area contributed by atoms with Gasteiger partial charge in [0.05, 0.1) is 0 Å².